The highest BCUT2D eigenvalue weighted by atomic mass is 16.5. The lowest BCUT2D eigenvalue weighted by atomic mass is 9.75. The standard InChI is InChI=1S/C23H21N3O4/c1-30-14-10-8-13(9-11-14)26-20(27)18-17-7-4-12-25(17)23(19(18)21(26)28)15-5-2-3-6-16(15)24-22(23)29/h2-3,5-6,8-11,17-19H,4,7,12H2,1H3,(H,24,29)/t17-,18+,19+,23+/m1/s1. The molecule has 0 aliphatic carbocycles. The zero-order valence-electron chi connectivity index (χ0n) is 16.5. The fourth-order valence-electron chi connectivity index (χ4n) is 6.14. The molecule has 3 saturated heterocycles. The van der Waals surface area contributed by atoms with Crippen molar-refractivity contribution in [1.82, 2.24) is 4.90 Å². The molecule has 3 fully saturated rings. The van der Waals surface area contributed by atoms with Crippen molar-refractivity contribution in [2.75, 3.05) is 23.9 Å². The number of carbonyl (C=O) groups excluding carboxylic acids is 3. The van der Waals surface area contributed by atoms with Crippen molar-refractivity contribution < 1.29 is 19.1 Å². The summed E-state index contributed by atoms with van der Waals surface area (Å²) >= 11 is 0. The molecule has 0 bridgehead atoms. The van der Waals surface area contributed by atoms with Gasteiger partial charge in [-0.2, -0.15) is 0 Å². The number of imide groups is 1. The number of amides is 3. The first-order valence-corrected chi connectivity index (χ1v) is 10.3. The minimum atomic E-state index is -1.11. The monoisotopic (exact) mass is 403 g/mol. The molecule has 7 nitrogen and oxygen atoms in total. The van der Waals surface area contributed by atoms with Crippen molar-refractivity contribution in [3.05, 3.63) is 54.1 Å². The molecule has 0 aromatic heterocycles. The van der Waals surface area contributed by atoms with Gasteiger partial charge >= 0.3 is 0 Å². The summed E-state index contributed by atoms with van der Waals surface area (Å²) in [6.45, 7) is 0.711. The third kappa shape index (κ3) is 1.91. The lowest BCUT2D eigenvalue weighted by Crippen LogP contribution is -2.54. The second kappa shape index (κ2) is 5.92. The Morgan fingerprint density at radius 2 is 1.80 bits per heavy atom. The van der Waals surface area contributed by atoms with Crippen LogP contribution in [0, 0.1) is 11.8 Å². The van der Waals surface area contributed by atoms with Crippen LogP contribution < -0.4 is 15.0 Å². The van der Waals surface area contributed by atoms with Crippen LogP contribution in [-0.4, -0.2) is 42.3 Å². The van der Waals surface area contributed by atoms with Crippen molar-refractivity contribution in [3.63, 3.8) is 0 Å². The van der Waals surface area contributed by atoms with Gasteiger partial charge in [0.05, 0.1) is 24.6 Å². The summed E-state index contributed by atoms with van der Waals surface area (Å²) in [4.78, 5) is 44.2. The average Bonchev–Trinajstić information content (AvgIpc) is 3.46. The molecule has 0 radical (unpaired) electrons. The molecule has 6 rings (SSSR count). The van der Waals surface area contributed by atoms with E-state index in [1.165, 1.54) is 4.90 Å². The molecule has 3 amide bonds. The smallest absolute Gasteiger partial charge is 0.250 e. The van der Waals surface area contributed by atoms with Gasteiger partial charge in [-0.25, -0.2) is 4.90 Å². The van der Waals surface area contributed by atoms with E-state index in [-0.39, 0.29) is 23.8 Å². The number of fused-ring (bicyclic) bond motifs is 7. The zero-order chi connectivity index (χ0) is 20.6. The first kappa shape index (κ1) is 17.7. The Bertz CT molecular complexity index is 1100. The van der Waals surface area contributed by atoms with E-state index in [4.69, 9.17) is 4.74 Å². The van der Waals surface area contributed by atoms with Crippen LogP contribution in [0.1, 0.15) is 18.4 Å². The van der Waals surface area contributed by atoms with Crippen molar-refractivity contribution in [1.29, 1.82) is 0 Å². The molecule has 4 atom stereocenters. The predicted molar refractivity (Wildman–Crippen MR) is 109 cm³/mol. The topological polar surface area (TPSA) is 79.0 Å². The van der Waals surface area contributed by atoms with Gasteiger partial charge in [-0.1, -0.05) is 18.2 Å². The molecular formula is C23H21N3O4. The second-order valence-electron chi connectivity index (χ2n) is 8.38. The third-order valence-corrected chi connectivity index (χ3v) is 7.23. The summed E-state index contributed by atoms with van der Waals surface area (Å²) in [5.41, 5.74) is 0.951. The molecule has 0 unspecified atom stereocenters. The van der Waals surface area contributed by atoms with Crippen molar-refractivity contribution in [3.8, 4) is 5.75 Å². The van der Waals surface area contributed by atoms with Gasteiger partial charge in [0.1, 0.15) is 11.3 Å². The molecule has 4 aliphatic heterocycles. The first-order valence-electron chi connectivity index (χ1n) is 10.3. The highest BCUT2D eigenvalue weighted by Crippen LogP contribution is 2.60. The van der Waals surface area contributed by atoms with E-state index in [0.29, 0.717) is 18.0 Å². The van der Waals surface area contributed by atoms with Crippen LogP contribution in [0.15, 0.2) is 48.5 Å². The summed E-state index contributed by atoms with van der Waals surface area (Å²) in [5, 5.41) is 2.98. The number of carbonyl (C=O) groups is 3. The second-order valence-corrected chi connectivity index (χ2v) is 8.38. The molecule has 0 saturated carbocycles. The van der Waals surface area contributed by atoms with Crippen LogP contribution in [0.2, 0.25) is 0 Å². The van der Waals surface area contributed by atoms with Gasteiger partial charge in [0.25, 0.3) is 0 Å². The van der Waals surface area contributed by atoms with E-state index in [2.05, 4.69) is 10.2 Å². The predicted octanol–water partition coefficient (Wildman–Crippen LogP) is 2.13. The van der Waals surface area contributed by atoms with E-state index < -0.39 is 17.4 Å². The van der Waals surface area contributed by atoms with Gasteiger partial charge in [0.2, 0.25) is 17.7 Å². The van der Waals surface area contributed by atoms with Crippen LogP contribution in [0.4, 0.5) is 11.4 Å². The van der Waals surface area contributed by atoms with Gasteiger partial charge in [-0.3, -0.25) is 19.3 Å². The Hall–Kier alpha value is -3.19. The number of hydrogen-bond acceptors (Lipinski definition) is 5. The lowest BCUT2D eigenvalue weighted by Gasteiger charge is -2.36. The molecular weight excluding hydrogens is 382 g/mol. The first-order chi connectivity index (χ1) is 14.6. The normalized spacial score (nSPS) is 31.8. The Morgan fingerprint density at radius 3 is 2.57 bits per heavy atom. The number of rotatable bonds is 2. The fourth-order valence-corrected chi connectivity index (χ4v) is 6.14. The Labute approximate surface area is 173 Å². The van der Waals surface area contributed by atoms with E-state index in [0.717, 1.165) is 24.1 Å². The maximum atomic E-state index is 13.8. The number of hydrogen-bond donors (Lipinski definition) is 1. The number of nitrogens with zero attached hydrogens (tertiary/aromatic N) is 2. The van der Waals surface area contributed by atoms with E-state index in [1.54, 1.807) is 31.4 Å². The van der Waals surface area contributed by atoms with Gasteiger partial charge in [0, 0.05) is 17.3 Å². The van der Waals surface area contributed by atoms with Gasteiger partial charge in [-0.15, -0.1) is 0 Å². The Morgan fingerprint density at radius 1 is 1.03 bits per heavy atom. The number of para-hydroxylation sites is 1. The van der Waals surface area contributed by atoms with E-state index >= 15 is 0 Å². The largest absolute Gasteiger partial charge is 0.497 e. The lowest BCUT2D eigenvalue weighted by molar-refractivity contribution is -0.135. The van der Waals surface area contributed by atoms with Crippen molar-refractivity contribution in [2.45, 2.75) is 24.4 Å². The fraction of sp³-hybridized carbons (Fsp3) is 0.348. The molecule has 7 heteroatoms. The van der Waals surface area contributed by atoms with Crippen LogP contribution in [0.5, 0.6) is 5.75 Å². The van der Waals surface area contributed by atoms with Crippen LogP contribution in [0.25, 0.3) is 0 Å². The zero-order valence-corrected chi connectivity index (χ0v) is 16.5. The summed E-state index contributed by atoms with van der Waals surface area (Å²) < 4.78 is 5.20. The maximum Gasteiger partial charge on any atom is 0.250 e. The van der Waals surface area contributed by atoms with Gasteiger partial charge in [-0.05, 0) is 49.7 Å². The summed E-state index contributed by atoms with van der Waals surface area (Å²) in [5.74, 6) is -1.28. The minimum absolute atomic E-state index is 0.105. The maximum absolute atomic E-state index is 13.8. The average molecular weight is 403 g/mol. The quantitative estimate of drug-likeness (QED) is 0.778. The molecule has 1 N–H and O–H groups in total. The highest BCUT2D eigenvalue weighted by molar-refractivity contribution is 6.25. The number of nitrogens with one attached hydrogen (secondary N) is 1. The van der Waals surface area contributed by atoms with Crippen molar-refractivity contribution >= 4 is 29.1 Å². The number of benzene rings is 2. The SMILES string of the molecule is COc1ccc(N2C(=O)[C@H]3[C@H]4CCCN4[C@]4(C(=O)Nc5ccccc54)[C@@H]3C2=O)cc1. The minimum Gasteiger partial charge on any atom is -0.497 e. The van der Waals surface area contributed by atoms with Crippen LogP contribution in [-0.2, 0) is 19.9 Å². The highest BCUT2D eigenvalue weighted by Gasteiger charge is 2.74. The molecule has 4 heterocycles. The van der Waals surface area contributed by atoms with Crippen LogP contribution >= 0.6 is 0 Å². The summed E-state index contributed by atoms with van der Waals surface area (Å²) in [7, 11) is 1.57. The van der Waals surface area contributed by atoms with Crippen LogP contribution in [0.3, 0.4) is 0 Å². The van der Waals surface area contributed by atoms with Crippen molar-refractivity contribution in [2.24, 2.45) is 11.8 Å². The molecule has 2 aromatic carbocycles. The van der Waals surface area contributed by atoms with E-state index in [1.807, 2.05) is 24.3 Å². The number of ether oxygens (including phenoxy) is 1. The molecule has 2 aromatic rings. The number of anilines is 2. The summed E-state index contributed by atoms with van der Waals surface area (Å²) in [6, 6.07) is 14.3. The summed E-state index contributed by atoms with van der Waals surface area (Å²) in [6.07, 6.45) is 1.73. The Balaban J connectivity index is 1.52. The molecule has 152 valence electrons. The Kier molecular flexibility index (Phi) is 3.48. The number of methoxy groups -OCH3 is 1. The molecule has 1 spiro atoms. The molecule has 30 heavy (non-hydrogen) atoms. The third-order valence-electron chi connectivity index (χ3n) is 7.23. The van der Waals surface area contributed by atoms with Gasteiger partial charge < -0.3 is 10.1 Å². The van der Waals surface area contributed by atoms with Gasteiger partial charge in [0.15, 0.2) is 0 Å². The molecule has 4 aliphatic rings. The van der Waals surface area contributed by atoms with E-state index in [9.17, 15) is 14.4 Å².